The molecule has 0 saturated heterocycles. The zero-order chi connectivity index (χ0) is 37.0. The van der Waals surface area contributed by atoms with E-state index < -0.39 is 0 Å². The maximum atomic E-state index is 6.70. The van der Waals surface area contributed by atoms with E-state index >= 15 is 0 Å². The Hall–Kier alpha value is -7.42. The van der Waals surface area contributed by atoms with Crippen LogP contribution in [0, 0.1) is 0 Å². The minimum absolute atomic E-state index is 0.866. The molecule has 0 fully saturated rings. The Bertz CT molecular complexity index is 3230. The summed E-state index contributed by atoms with van der Waals surface area (Å²) in [5, 5.41) is 9.49. The van der Waals surface area contributed by atoms with Crippen molar-refractivity contribution < 1.29 is 4.42 Å². The molecule has 0 N–H and O–H groups in total. The smallest absolute Gasteiger partial charge is 0.143 e. The predicted octanol–water partition coefficient (Wildman–Crippen LogP) is 15.5. The van der Waals surface area contributed by atoms with E-state index in [1.165, 1.54) is 60.3 Å². The molecule has 0 radical (unpaired) electrons. The molecule has 1 heterocycles. The van der Waals surface area contributed by atoms with Crippen LogP contribution in [0.3, 0.4) is 0 Å². The summed E-state index contributed by atoms with van der Waals surface area (Å²) in [4.78, 5) is 2.39. The fourth-order valence-corrected chi connectivity index (χ4v) is 8.54. The SMILES string of the molecule is c1ccc(-c2ccc(-c3ccc(N(c4cccc(-c5cc6ccccc6c6ccccc56)c4)c4cccc5oc6c7ccccc7ccc6c45)cc3)cc2)cc1. The summed E-state index contributed by atoms with van der Waals surface area (Å²) in [6.07, 6.45) is 0. The molecule has 262 valence electrons. The summed E-state index contributed by atoms with van der Waals surface area (Å²) in [7, 11) is 0. The minimum Gasteiger partial charge on any atom is -0.455 e. The van der Waals surface area contributed by atoms with Crippen molar-refractivity contribution in [2.75, 3.05) is 4.90 Å². The van der Waals surface area contributed by atoms with Gasteiger partial charge in [0.1, 0.15) is 11.2 Å². The van der Waals surface area contributed by atoms with Crippen LogP contribution < -0.4 is 4.90 Å². The van der Waals surface area contributed by atoms with E-state index in [0.717, 1.165) is 44.4 Å². The maximum Gasteiger partial charge on any atom is 0.143 e. The third-order valence-electron chi connectivity index (χ3n) is 11.2. The summed E-state index contributed by atoms with van der Waals surface area (Å²) in [5.41, 5.74) is 12.2. The largest absolute Gasteiger partial charge is 0.455 e. The number of fused-ring (bicyclic) bond motifs is 8. The van der Waals surface area contributed by atoms with Crippen LogP contribution >= 0.6 is 0 Å². The molecule has 2 heteroatoms. The van der Waals surface area contributed by atoms with Gasteiger partial charge in [-0.3, -0.25) is 0 Å². The molecular formula is C54H35NO. The first-order valence-corrected chi connectivity index (χ1v) is 19.2. The Morgan fingerprint density at radius 1 is 0.321 bits per heavy atom. The van der Waals surface area contributed by atoms with Crippen LogP contribution in [0.1, 0.15) is 0 Å². The van der Waals surface area contributed by atoms with E-state index in [0.29, 0.717) is 0 Å². The Kier molecular flexibility index (Phi) is 7.53. The highest BCUT2D eigenvalue weighted by Crippen LogP contribution is 2.46. The Balaban J connectivity index is 1.09. The average Bonchev–Trinajstić information content (AvgIpc) is 3.67. The number of anilines is 3. The lowest BCUT2D eigenvalue weighted by atomic mass is 9.93. The van der Waals surface area contributed by atoms with Gasteiger partial charge in [0.05, 0.1) is 11.1 Å². The third-order valence-corrected chi connectivity index (χ3v) is 11.2. The molecule has 11 aromatic rings. The lowest BCUT2D eigenvalue weighted by Crippen LogP contribution is -2.10. The Morgan fingerprint density at radius 2 is 0.911 bits per heavy atom. The second kappa shape index (κ2) is 13.2. The van der Waals surface area contributed by atoms with Crippen LogP contribution in [-0.4, -0.2) is 0 Å². The molecule has 0 bridgehead atoms. The zero-order valence-electron chi connectivity index (χ0n) is 30.6. The highest BCUT2D eigenvalue weighted by atomic mass is 16.3. The fraction of sp³-hybridized carbons (Fsp3) is 0. The molecule has 0 spiro atoms. The van der Waals surface area contributed by atoms with E-state index in [4.69, 9.17) is 4.42 Å². The fourth-order valence-electron chi connectivity index (χ4n) is 8.54. The molecule has 0 amide bonds. The molecule has 56 heavy (non-hydrogen) atoms. The molecule has 1 aromatic heterocycles. The molecule has 2 nitrogen and oxygen atoms in total. The topological polar surface area (TPSA) is 16.4 Å². The number of benzene rings is 10. The molecule has 0 unspecified atom stereocenters. The van der Waals surface area contributed by atoms with Gasteiger partial charge in [-0.25, -0.2) is 0 Å². The molecule has 0 aliphatic rings. The summed E-state index contributed by atoms with van der Waals surface area (Å²) < 4.78 is 6.70. The molecule has 0 aliphatic heterocycles. The van der Waals surface area contributed by atoms with Crippen LogP contribution in [0.25, 0.3) is 87.6 Å². The number of hydrogen-bond acceptors (Lipinski definition) is 2. The maximum absolute atomic E-state index is 6.70. The Labute approximate surface area is 325 Å². The van der Waals surface area contributed by atoms with E-state index in [9.17, 15) is 0 Å². The van der Waals surface area contributed by atoms with Crippen molar-refractivity contribution in [1.29, 1.82) is 0 Å². The van der Waals surface area contributed by atoms with Gasteiger partial charge in [-0.1, -0.05) is 164 Å². The van der Waals surface area contributed by atoms with Crippen LogP contribution in [0.5, 0.6) is 0 Å². The van der Waals surface area contributed by atoms with Gasteiger partial charge < -0.3 is 9.32 Å². The van der Waals surface area contributed by atoms with Gasteiger partial charge in [0.25, 0.3) is 0 Å². The summed E-state index contributed by atoms with van der Waals surface area (Å²) in [6.45, 7) is 0. The lowest BCUT2D eigenvalue weighted by molar-refractivity contribution is 0.672. The van der Waals surface area contributed by atoms with E-state index in [1.807, 2.05) is 0 Å². The lowest BCUT2D eigenvalue weighted by Gasteiger charge is -2.27. The minimum atomic E-state index is 0.866. The number of hydrogen-bond donors (Lipinski definition) is 0. The van der Waals surface area contributed by atoms with Crippen molar-refractivity contribution in [3.63, 3.8) is 0 Å². The van der Waals surface area contributed by atoms with Crippen LogP contribution in [-0.2, 0) is 0 Å². The van der Waals surface area contributed by atoms with Crippen LogP contribution in [0.15, 0.2) is 217 Å². The first kappa shape index (κ1) is 32.0. The van der Waals surface area contributed by atoms with Crippen molar-refractivity contribution >= 4 is 71.3 Å². The van der Waals surface area contributed by atoms with Crippen molar-refractivity contribution in [1.82, 2.24) is 0 Å². The van der Waals surface area contributed by atoms with Gasteiger partial charge in [0, 0.05) is 22.1 Å². The number of furan rings is 1. The van der Waals surface area contributed by atoms with E-state index in [-0.39, 0.29) is 0 Å². The Morgan fingerprint density at radius 3 is 1.68 bits per heavy atom. The molecule has 0 atom stereocenters. The van der Waals surface area contributed by atoms with E-state index in [1.54, 1.807) is 0 Å². The zero-order valence-corrected chi connectivity index (χ0v) is 30.6. The second-order valence-corrected chi connectivity index (χ2v) is 14.5. The average molecular weight is 714 g/mol. The highest BCUT2D eigenvalue weighted by Gasteiger charge is 2.21. The summed E-state index contributed by atoms with van der Waals surface area (Å²) >= 11 is 0. The van der Waals surface area contributed by atoms with Gasteiger partial charge >= 0.3 is 0 Å². The van der Waals surface area contributed by atoms with Gasteiger partial charge in [0.2, 0.25) is 0 Å². The number of rotatable bonds is 6. The predicted molar refractivity (Wildman–Crippen MR) is 237 cm³/mol. The molecule has 0 aliphatic carbocycles. The standard InChI is InChI=1S/C54H35NO/c1-2-12-36(13-3-1)37-24-26-38(27-25-37)39-28-31-43(32-29-39)55(51-22-11-23-52-53(51)49-33-30-40-14-4-7-19-46(40)54(49)56-52)44-17-10-16-41(34-44)50-35-42-15-5-6-18-45(42)47-20-8-9-21-48(47)50/h1-35H. The van der Waals surface area contributed by atoms with Crippen molar-refractivity contribution in [3.05, 3.63) is 212 Å². The second-order valence-electron chi connectivity index (χ2n) is 14.5. The van der Waals surface area contributed by atoms with Gasteiger partial charge in [-0.05, 0) is 109 Å². The highest BCUT2D eigenvalue weighted by molar-refractivity contribution is 6.20. The molecule has 10 aromatic carbocycles. The van der Waals surface area contributed by atoms with Crippen LogP contribution in [0.4, 0.5) is 17.1 Å². The summed E-state index contributed by atoms with van der Waals surface area (Å²) in [6, 6.07) is 76.4. The third kappa shape index (κ3) is 5.34. The normalized spacial score (nSPS) is 11.6. The first-order chi connectivity index (χ1) is 27.8. The van der Waals surface area contributed by atoms with Crippen LogP contribution in [0.2, 0.25) is 0 Å². The summed E-state index contributed by atoms with van der Waals surface area (Å²) in [5.74, 6) is 0. The monoisotopic (exact) mass is 713 g/mol. The number of nitrogens with zero attached hydrogens (tertiary/aromatic N) is 1. The van der Waals surface area contributed by atoms with Gasteiger partial charge in [0.15, 0.2) is 0 Å². The van der Waals surface area contributed by atoms with Gasteiger partial charge in [-0.2, -0.15) is 0 Å². The first-order valence-electron chi connectivity index (χ1n) is 19.2. The molecular weight excluding hydrogens is 679 g/mol. The molecule has 11 rings (SSSR count). The van der Waals surface area contributed by atoms with Crippen molar-refractivity contribution in [2.45, 2.75) is 0 Å². The van der Waals surface area contributed by atoms with Crippen molar-refractivity contribution in [2.24, 2.45) is 0 Å². The van der Waals surface area contributed by atoms with Crippen molar-refractivity contribution in [3.8, 4) is 33.4 Å². The molecule has 0 saturated carbocycles. The van der Waals surface area contributed by atoms with E-state index in [2.05, 4.69) is 217 Å². The quantitative estimate of drug-likeness (QED) is 0.160. The van der Waals surface area contributed by atoms with Gasteiger partial charge in [-0.15, -0.1) is 0 Å².